The number of aryl methyl sites for hydroxylation is 1. The van der Waals surface area contributed by atoms with E-state index in [0.29, 0.717) is 17.0 Å². The monoisotopic (exact) mass is 227 g/mol. The third-order valence-electron chi connectivity index (χ3n) is 2.59. The van der Waals surface area contributed by atoms with Crippen molar-refractivity contribution in [1.82, 2.24) is 14.6 Å². The fraction of sp³-hybridized carbons (Fsp3) is 0.0769. The lowest BCUT2D eigenvalue weighted by Gasteiger charge is -1.95. The van der Waals surface area contributed by atoms with Crippen LogP contribution in [0.1, 0.15) is 5.56 Å². The van der Waals surface area contributed by atoms with Gasteiger partial charge in [-0.15, -0.1) is 5.10 Å². The first-order valence-electron chi connectivity index (χ1n) is 5.32. The Morgan fingerprint density at radius 1 is 1.12 bits per heavy atom. The topological polar surface area (TPSA) is 30.2 Å². The van der Waals surface area contributed by atoms with Gasteiger partial charge in [-0.05, 0) is 30.7 Å². The normalized spacial score (nSPS) is 10.9. The van der Waals surface area contributed by atoms with Crippen molar-refractivity contribution in [3.63, 3.8) is 0 Å². The highest BCUT2D eigenvalue weighted by molar-refractivity contribution is 5.58. The van der Waals surface area contributed by atoms with Gasteiger partial charge in [0, 0.05) is 6.20 Å². The predicted molar refractivity (Wildman–Crippen MR) is 63.1 cm³/mol. The summed E-state index contributed by atoms with van der Waals surface area (Å²) in [4.78, 5) is 4.30. The zero-order valence-electron chi connectivity index (χ0n) is 9.26. The van der Waals surface area contributed by atoms with Crippen molar-refractivity contribution in [1.29, 1.82) is 0 Å². The third kappa shape index (κ3) is 1.67. The van der Waals surface area contributed by atoms with Gasteiger partial charge < -0.3 is 0 Å². The summed E-state index contributed by atoms with van der Waals surface area (Å²) in [6.45, 7) is 1.98. The van der Waals surface area contributed by atoms with Crippen LogP contribution in [0.2, 0.25) is 0 Å². The third-order valence-corrected chi connectivity index (χ3v) is 2.59. The molecule has 0 bridgehead atoms. The number of halogens is 1. The molecule has 0 aliphatic heterocycles. The molecule has 0 spiro atoms. The van der Waals surface area contributed by atoms with Crippen LogP contribution in [0, 0.1) is 12.7 Å². The Labute approximate surface area is 97.5 Å². The Kier molecular flexibility index (Phi) is 2.14. The summed E-state index contributed by atoms with van der Waals surface area (Å²) in [5.74, 6) is 0.105. The predicted octanol–water partition coefficient (Wildman–Crippen LogP) is 2.84. The second-order valence-electron chi connectivity index (χ2n) is 3.92. The highest BCUT2D eigenvalue weighted by atomic mass is 19.1. The number of rotatable bonds is 1. The van der Waals surface area contributed by atoms with Gasteiger partial charge in [0.05, 0.1) is 5.56 Å². The molecule has 0 saturated heterocycles. The van der Waals surface area contributed by atoms with E-state index in [2.05, 4.69) is 10.1 Å². The van der Waals surface area contributed by atoms with Gasteiger partial charge in [-0.3, -0.25) is 0 Å². The summed E-state index contributed by atoms with van der Waals surface area (Å²) in [5.41, 5.74) is 2.23. The first-order valence-corrected chi connectivity index (χ1v) is 5.32. The van der Waals surface area contributed by atoms with Crippen molar-refractivity contribution in [3.05, 3.63) is 54.0 Å². The largest absolute Gasteiger partial charge is 0.220 e. The van der Waals surface area contributed by atoms with E-state index in [0.717, 1.165) is 5.56 Å². The molecule has 84 valence electrons. The lowest BCUT2D eigenvalue weighted by Crippen LogP contribution is -1.88. The molecule has 0 atom stereocenters. The van der Waals surface area contributed by atoms with E-state index in [1.165, 1.54) is 6.07 Å². The molecule has 0 amide bonds. The molecular formula is C13H10FN3. The molecule has 0 saturated carbocycles. The average molecular weight is 227 g/mol. The second kappa shape index (κ2) is 3.66. The van der Waals surface area contributed by atoms with Gasteiger partial charge in [0.25, 0.3) is 0 Å². The SMILES string of the molecule is Cc1ccc2nc(-c3ccccc3F)nn2c1. The van der Waals surface area contributed by atoms with Crippen molar-refractivity contribution >= 4 is 5.65 Å². The first-order chi connectivity index (χ1) is 8.24. The van der Waals surface area contributed by atoms with E-state index in [9.17, 15) is 4.39 Å². The Hall–Kier alpha value is -2.23. The highest BCUT2D eigenvalue weighted by Gasteiger charge is 2.10. The molecule has 3 nitrogen and oxygen atoms in total. The van der Waals surface area contributed by atoms with Crippen molar-refractivity contribution in [2.75, 3.05) is 0 Å². The van der Waals surface area contributed by atoms with Crippen molar-refractivity contribution in [3.8, 4) is 11.4 Å². The lowest BCUT2D eigenvalue weighted by atomic mass is 10.2. The van der Waals surface area contributed by atoms with Gasteiger partial charge in [-0.2, -0.15) is 0 Å². The minimum atomic E-state index is -0.305. The Bertz CT molecular complexity index is 688. The van der Waals surface area contributed by atoms with Gasteiger partial charge in [-0.1, -0.05) is 18.2 Å². The molecule has 1 aromatic carbocycles. The number of nitrogens with zero attached hydrogens (tertiary/aromatic N) is 3. The van der Waals surface area contributed by atoms with Crippen LogP contribution in [0.5, 0.6) is 0 Å². The smallest absolute Gasteiger partial charge is 0.185 e. The van der Waals surface area contributed by atoms with E-state index in [-0.39, 0.29) is 5.82 Å². The number of fused-ring (bicyclic) bond motifs is 1. The zero-order valence-corrected chi connectivity index (χ0v) is 9.26. The summed E-state index contributed by atoms with van der Waals surface area (Å²) >= 11 is 0. The standard InChI is InChI=1S/C13H10FN3/c1-9-6-7-12-15-13(16-17(12)8-9)10-4-2-3-5-11(10)14/h2-8H,1H3. The number of hydrogen-bond acceptors (Lipinski definition) is 2. The van der Waals surface area contributed by atoms with Gasteiger partial charge in [0.1, 0.15) is 5.82 Å². The molecule has 2 heterocycles. The summed E-state index contributed by atoms with van der Waals surface area (Å²) in [5, 5.41) is 4.27. The number of pyridine rings is 1. The molecule has 0 fully saturated rings. The molecule has 3 aromatic rings. The van der Waals surface area contributed by atoms with Gasteiger partial charge in [0.15, 0.2) is 11.5 Å². The Morgan fingerprint density at radius 3 is 2.76 bits per heavy atom. The Morgan fingerprint density at radius 2 is 1.94 bits per heavy atom. The van der Waals surface area contributed by atoms with E-state index in [1.54, 1.807) is 22.7 Å². The molecule has 4 heteroatoms. The van der Waals surface area contributed by atoms with Crippen molar-refractivity contribution < 1.29 is 4.39 Å². The van der Waals surface area contributed by atoms with Gasteiger partial charge in [0.2, 0.25) is 0 Å². The van der Waals surface area contributed by atoms with Crippen molar-refractivity contribution in [2.24, 2.45) is 0 Å². The summed E-state index contributed by atoms with van der Waals surface area (Å²) in [6.07, 6.45) is 1.87. The van der Waals surface area contributed by atoms with Crippen LogP contribution in [0.4, 0.5) is 4.39 Å². The maximum absolute atomic E-state index is 13.6. The van der Waals surface area contributed by atoms with Crippen LogP contribution in [0.25, 0.3) is 17.0 Å². The van der Waals surface area contributed by atoms with Crippen LogP contribution in [-0.4, -0.2) is 14.6 Å². The summed E-state index contributed by atoms with van der Waals surface area (Å²) in [7, 11) is 0. The number of hydrogen-bond donors (Lipinski definition) is 0. The molecule has 0 aliphatic rings. The molecule has 0 aliphatic carbocycles. The van der Waals surface area contributed by atoms with Crippen LogP contribution in [0.15, 0.2) is 42.6 Å². The summed E-state index contributed by atoms with van der Waals surface area (Å²) in [6, 6.07) is 10.3. The van der Waals surface area contributed by atoms with Crippen molar-refractivity contribution in [2.45, 2.75) is 6.92 Å². The van der Waals surface area contributed by atoms with Crippen LogP contribution in [0.3, 0.4) is 0 Å². The highest BCUT2D eigenvalue weighted by Crippen LogP contribution is 2.19. The summed E-state index contributed by atoms with van der Waals surface area (Å²) < 4.78 is 15.3. The minimum Gasteiger partial charge on any atom is -0.220 e. The van der Waals surface area contributed by atoms with E-state index in [1.807, 2.05) is 25.3 Å². The molecule has 0 radical (unpaired) electrons. The molecule has 2 aromatic heterocycles. The quantitative estimate of drug-likeness (QED) is 0.640. The van der Waals surface area contributed by atoms with E-state index in [4.69, 9.17) is 0 Å². The minimum absolute atomic E-state index is 0.305. The maximum Gasteiger partial charge on any atom is 0.185 e. The van der Waals surface area contributed by atoms with Crippen LogP contribution >= 0.6 is 0 Å². The molecule has 0 unspecified atom stereocenters. The van der Waals surface area contributed by atoms with Crippen LogP contribution < -0.4 is 0 Å². The molecule has 17 heavy (non-hydrogen) atoms. The van der Waals surface area contributed by atoms with Crippen LogP contribution in [-0.2, 0) is 0 Å². The fourth-order valence-electron chi connectivity index (χ4n) is 1.74. The molecule has 3 rings (SSSR count). The number of benzene rings is 1. The first kappa shape index (κ1) is 9.96. The lowest BCUT2D eigenvalue weighted by molar-refractivity contribution is 0.630. The average Bonchev–Trinajstić information content (AvgIpc) is 2.72. The molecule has 0 N–H and O–H groups in total. The Balaban J connectivity index is 2.22. The number of aromatic nitrogens is 3. The molecular weight excluding hydrogens is 217 g/mol. The maximum atomic E-state index is 13.6. The zero-order chi connectivity index (χ0) is 11.8. The van der Waals surface area contributed by atoms with E-state index < -0.39 is 0 Å². The second-order valence-corrected chi connectivity index (χ2v) is 3.92. The van der Waals surface area contributed by atoms with Gasteiger partial charge in [-0.25, -0.2) is 13.9 Å². The van der Waals surface area contributed by atoms with E-state index >= 15 is 0 Å². The van der Waals surface area contributed by atoms with Gasteiger partial charge >= 0.3 is 0 Å². The fourth-order valence-corrected chi connectivity index (χ4v) is 1.74.